The van der Waals surface area contributed by atoms with Crippen molar-refractivity contribution < 1.29 is 5.11 Å². The Balaban J connectivity index is 2.96. The maximum atomic E-state index is 9.99. The molecule has 9 heavy (non-hydrogen) atoms. The van der Waals surface area contributed by atoms with Crippen LogP contribution in [0.5, 0.6) is 0 Å². The van der Waals surface area contributed by atoms with Gasteiger partial charge < -0.3 is 5.11 Å². The molecular weight excluding hydrogens is 161 g/mol. The Morgan fingerprint density at radius 3 is 2.44 bits per heavy atom. The molecule has 2 nitrogen and oxygen atoms in total. The lowest BCUT2D eigenvalue weighted by atomic mass is 10.5. The van der Waals surface area contributed by atoms with E-state index in [0.717, 1.165) is 0 Å². The minimum Gasteiger partial charge on any atom is -0.876 e. The number of hydrogen-bond acceptors (Lipinski definition) is 2. The van der Waals surface area contributed by atoms with Crippen molar-refractivity contribution in [1.82, 2.24) is 0 Å². The Labute approximate surface area is 62.1 Å². The van der Waals surface area contributed by atoms with E-state index in [1.54, 1.807) is 0 Å². The Morgan fingerprint density at radius 2 is 2.22 bits per heavy atom. The van der Waals surface area contributed by atoms with Crippen molar-refractivity contribution in [1.29, 1.82) is 0 Å². The predicted molar refractivity (Wildman–Crippen MR) is 35.3 cm³/mol. The SMILES string of the molecule is [O-]C=C1C=C(Cl)C(Cl)=N1. The molecule has 0 aromatic rings. The molecule has 0 radical (unpaired) electrons. The monoisotopic (exact) mass is 162 g/mol. The molecule has 0 saturated carbocycles. The van der Waals surface area contributed by atoms with E-state index in [1.807, 2.05) is 0 Å². The molecular formula is C5H2Cl2NO-. The molecule has 48 valence electrons. The second-order valence-electron chi connectivity index (χ2n) is 1.44. The third-order valence-electron chi connectivity index (χ3n) is 0.820. The summed E-state index contributed by atoms with van der Waals surface area (Å²) in [5.41, 5.74) is 0.269. The number of rotatable bonds is 0. The first-order chi connectivity index (χ1) is 4.24. The summed E-state index contributed by atoms with van der Waals surface area (Å²) in [5, 5.41) is 10.5. The number of halogens is 2. The molecule has 1 aliphatic heterocycles. The van der Waals surface area contributed by atoms with Crippen LogP contribution in [0.2, 0.25) is 0 Å². The van der Waals surface area contributed by atoms with Crippen LogP contribution in [0, 0.1) is 0 Å². The topological polar surface area (TPSA) is 35.4 Å². The van der Waals surface area contributed by atoms with Crippen molar-refractivity contribution in [3.63, 3.8) is 0 Å². The first-order valence-corrected chi connectivity index (χ1v) is 2.93. The van der Waals surface area contributed by atoms with Crippen LogP contribution in [-0.4, -0.2) is 5.17 Å². The molecule has 0 N–H and O–H groups in total. The summed E-state index contributed by atoms with van der Waals surface area (Å²) in [5.74, 6) is 0. The van der Waals surface area contributed by atoms with Crippen molar-refractivity contribution in [2.45, 2.75) is 0 Å². The first kappa shape index (κ1) is 6.65. The van der Waals surface area contributed by atoms with E-state index in [9.17, 15) is 5.11 Å². The molecule has 0 saturated heterocycles. The second-order valence-corrected chi connectivity index (χ2v) is 2.20. The molecule has 4 heteroatoms. The van der Waals surface area contributed by atoms with E-state index < -0.39 is 0 Å². The van der Waals surface area contributed by atoms with Gasteiger partial charge in [-0.3, -0.25) is 0 Å². The Bertz CT molecular complexity index is 197. The van der Waals surface area contributed by atoms with Crippen LogP contribution in [0.25, 0.3) is 0 Å². The van der Waals surface area contributed by atoms with E-state index in [2.05, 4.69) is 4.99 Å². The van der Waals surface area contributed by atoms with E-state index >= 15 is 0 Å². The van der Waals surface area contributed by atoms with Gasteiger partial charge in [0.2, 0.25) is 0 Å². The van der Waals surface area contributed by atoms with Gasteiger partial charge in [-0.1, -0.05) is 23.2 Å². The van der Waals surface area contributed by atoms with Crippen molar-refractivity contribution in [3.05, 3.63) is 23.1 Å². The minimum atomic E-state index is 0.179. The average Bonchev–Trinajstić information content (AvgIpc) is 2.13. The summed E-state index contributed by atoms with van der Waals surface area (Å²) in [6, 6.07) is 0. The van der Waals surface area contributed by atoms with Crippen LogP contribution in [0.15, 0.2) is 28.1 Å². The van der Waals surface area contributed by atoms with Gasteiger partial charge in [0.25, 0.3) is 0 Å². The van der Waals surface area contributed by atoms with Gasteiger partial charge in [-0.05, 0) is 6.08 Å². The third kappa shape index (κ3) is 1.26. The quantitative estimate of drug-likeness (QED) is 0.490. The molecule has 1 aliphatic rings. The van der Waals surface area contributed by atoms with Gasteiger partial charge in [-0.15, -0.1) is 6.26 Å². The van der Waals surface area contributed by atoms with Gasteiger partial charge in [0.1, 0.15) is 5.17 Å². The maximum Gasteiger partial charge on any atom is 0.148 e. The Hall–Kier alpha value is -0.470. The van der Waals surface area contributed by atoms with Crippen LogP contribution in [0.1, 0.15) is 0 Å². The number of hydrogen-bond donors (Lipinski definition) is 0. The summed E-state index contributed by atoms with van der Waals surface area (Å²) >= 11 is 10.9. The van der Waals surface area contributed by atoms with E-state index in [4.69, 9.17) is 23.2 Å². The molecule has 0 spiro atoms. The minimum absolute atomic E-state index is 0.179. The normalized spacial score (nSPS) is 22.2. The highest BCUT2D eigenvalue weighted by molar-refractivity contribution is 6.76. The maximum absolute atomic E-state index is 9.99. The molecule has 0 fully saturated rings. The lowest BCUT2D eigenvalue weighted by Gasteiger charge is -1.89. The van der Waals surface area contributed by atoms with Gasteiger partial charge >= 0.3 is 0 Å². The highest BCUT2D eigenvalue weighted by Gasteiger charge is 2.07. The second kappa shape index (κ2) is 2.42. The van der Waals surface area contributed by atoms with Crippen molar-refractivity contribution in [3.8, 4) is 0 Å². The summed E-state index contributed by atoms with van der Waals surface area (Å²) in [7, 11) is 0. The number of allylic oxidation sites excluding steroid dienone is 2. The van der Waals surface area contributed by atoms with Gasteiger partial charge in [0.15, 0.2) is 0 Å². The predicted octanol–water partition coefficient (Wildman–Crippen LogP) is 0.962. The van der Waals surface area contributed by atoms with Crippen molar-refractivity contribution in [2.24, 2.45) is 4.99 Å². The smallest absolute Gasteiger partial charge is 0.148 e. The fraction of sp³-hybridized carbons (Fsp3) is 0. The van der Waals surface area contributed by atoms with Crippen LogP contribution < -0.4 is 5.11 Å². The number of aliphatic imine (C=N–C) groups is 1. The first-order valence-electron chi connectivity index (χ1n) is 2.18. The number of nitrogens with zero attached hydrogens (tertiary/aromatic N) is 1. The van der Waals surface area contributed by atoms with Crippen LogP contribution in [-0.2, 0) is 0 Å². The molecule has 0 bridgehead atoms. The van der Waals surface area contributed by atoms with Crippen molar-refractivity contribution >= 4 is 28.4 Å². The molecule has 1 rings (SSSR count). The van der Waals surface area contributed by atoms with Crippen LogP contribution in [0.3, 0.4) is 0 Å². The Kier molecular flexibility index (Phi) is 1.78. The van der Waals surface area contributed by atoms with E-state index in [-0.39, 0.29) is 10.9 Å². The molecule has 0 aliphatic carbocycles. The van der Waals surface area contributed by atoms with Gasteiger partial charge in [0.05, 0.1) is 10.7 Å². The highest BCUT2D eigenvalue weighted by Crippen LogP contribution is 2.20. The summed E-state index contributed by atoms with van der Waals surface area (Å²) in [6.07, 6.45) is 2.01. The third-order valence-corrected chi connectivity index (χ3v) is 1.49. The summed E-state index contributed by atoms with van der Waals surface area (Å²) in [6.45, 7) is 0. The standard InChI is InChI=1S/C5H3Cl2NO/c6-4-1-3(2-9)8-5(4)7/h1-2,9H/p-1. The fourth-order valence-corrected chi connectivity index (χ4v) is 0.755. The lowest BCUT2D eigenvalue weighted by Crippen LogP contribution is -1.87. The van der Waals surface area contributed by atoms with Crippen molar-refractivity contribution in [2.75, 3.05) is 0 Å². The zero-order chi connectivity index (χ0) is 6.85. The van der Waals surface area contributed by atoms with Gasteiger partial charge in [-0.2, -0.15) is 0 Å². The van der Waals surface area contributed by atoms with Gasteiger partial charge in [0, 0.05) is 0 Å². The zero-order valence-electron chi connectivity index (χ0n) is 4.27. The van der Waals surface area contributed by atoms with E-state index in [0.29, 0.717) is 11.3 Å². The highest BCUT2D eigenvalue weighted by atomic mass is 35.5. The molecule has 0 aromatic heterocycles. The largest absolute Gasteiger partial charge is 0.876 e. The van der Waals surface area contributed by atoms with E-state index in [1.165, 1.54) is 6.08 Å². The van der Waals surface area contributed by atoms with Crippen LogP contribution in [0.4, 0.5) is 0 Å². The molecule has 0 unspecified atom stereocenters. The fourth-order valence-electron chi connectivity index (χ4n) is 0.449. The van der Waals surface area contributed by atoms with Crippen LogP contribution >= 0.6 is 23.2 Å². The lowest BCUT2D eigenvalue weighted by molar-refractivity contribution is -0.275. The van der Waals surface area contributed by atoms with Gasteiger partial charge in [-0.25, -0.2) is 4.99 Å². The molecule has 0 aromatic carbocycles. The Morgan fingerprint density at radius 1 is 1.56 bits per heavy atom. The zero-order valence-corrected chi connectivity index (χ0v) is 5.78. The average molecular weight is 163 g/mol. The summed E-state index contributed by atoms with van der Waals surface area (Å²) in [4.78, 5) is 3.59. The molecule has 1 heterocycles. The summed E-state index contributed by atoms with van der Waals surface area (Å²) < 4.78 is 0. The molecule has 0 atom stereocenters. The molecule has 0 amide bonds.